The summed E-state index contributed by atoms with van der Waals surface area (Å²) in [4.78, 5) is 4.19. The topological polar surface area (TPSA) is 59.2 Å². The molecule has 0 saturated heterocycles. The number of rotatable bonds is 5. The van der Waals surface area contributed by atoms with Gasteiger partial charge in [0.05, 0.1) is 12.0 Å². The molecule has 1 aliphatic carbocycles. The van der Waals surface area contributed by atoms with Gasteiger partial charge in [-0.15, -0.1) is 0 Å². The molecule has 0 radical (unpaired) electrons. The minimum absolute atomic E-state index is 0.0405. The molecule has 0 amide bonds. The quantitative estimate of drug-likeness (QED) is 0.765. The molecule has 0 aliphatic heterocycles. The largest absolute Gasteiger partial charge is 0.384 e. The third kappa shape index (κ3) is 3.05. The fourth-order valence-electron chi connectivity index (χ4n) is 3.11. The zero-order valence-corrected chi connectivity index (χ0v) is 13.3. The van der Waals surface area contributed by atoms with Crippen molar-refractivity contribution in [3.63, 3.8) is 0 Å². The van der Waals surface area contributed by atoms with Gasteiger partial charge in [-0.2, -0.15) is 4.98 Å². The Kier molecular flexibility index (Phi) is 3.84. The monoisotopic (exact) mass is 342 g/mol. The summed E-state index contributed by atoms with van der Waals surface area (Å²) in [6, 6.07) is 12.5. The molecular weight excluding hydrogens is 326 g/mol. The van der Waals surface area contributed by atoms with Crippen molar-refractivity contribution in [2.45, 2.75) is 24.9 Å². The fourth-order valence-corrected chi connectivity index (χ4v) is 3.11. The predicted molar refractivity (Wildman–Crippen MR) is 86.4 cm³/mol. The van der Waals surface area contributed by atoms with E-state index in [0.717, 1.165) is 30.5 Å². The van der Waals surface area contributed by atoms with E-state index in [-0.39, 0.29) is 29.6 Å². The minimum Gasteiger partial charge on any atom is -0.384 e. The molecule has 4 rings (SSSR count). The summed E-state index contributed by atoms with van der Waals surface area (Å²) >= 11 is 0. The van der Waals surface area contributed by atoms with Crippen LogP contribution in [0.2, 0.25) is 0 Å². The van der Waals surface area contributed by atoms with Gasteiger partial charge in [0.1, 0.15) is 17.2 Å². The van der Waals surface area contributed by atoms with Gasteiger partial charge in [-0.3, -0.25) is 0 Å². The van der Waals surface area contributed by atoms with Gasteiger partial charge >= 0.3 is 0 Å². The van der Waals surface area contributed by atoms with Gasteiger partial charge in [0, 0.05) is 6.07 Å². The highest BCUT2D eigenvalue weighted by molar-refractivity contribution is 5.55. The highest BCUT2D eigenvalue weighted by Crippen LogP contribution is 2.47. The number of hydrogen-bond acceptors (Lipinski definition) is 4. The van der Waals surface area contributed by atoms with E-state index in [9.17, 15) is 13.9 Å². The van der Waals surface area contributed by atoms with Gasteiger partial charge in [-0.1, -0.05) is 35.5 Å². The second-order valence-electron chi connectivity index (χ2n) is 6.38. The molecule has 6 heteroatoms. The van der Waals surface area contributed by atoms with Gasteiger partial charge in [0.15, 0.2) is 0 Å². The van der Waals surface area contributed by atoms with Crippen LogP contribution in [0.25, 0.3) is 11.4 Å². The van der Waals surface area contributed by atoms with E-state index in [0.29, 0.717) is 0 Å². The normalized spacial score (nSPS) is 16.6. The summed E-state index contributed by atoms with van der Waals surface area (Å²) in [6.45, 7) is 0. The van der Waals surface area contributed by atoms with Crippen molar-refractivity contribution in [3.05, 3.63) is 71.6 Å². The average Bonchev–Trinajstić information content (AvgIpc) is 3.37. The third-order valence-electron chi connectivity index (χ3n) is 4.59. The van der Waals surface area contributed by atoms with Crippen LogP contribution in [0.4, 0.5) is 8.78 Å². The fraction of sp³-hybridized carbons (Fsp3) is 0.263. The highest BCUT2D eigenvalue weighted by atomic mass is 19.1. The molecule has 1 heterocycles. The van der Waals surface area contributed by atoms with Crippen molar-refractivity contribution >= 4 is 0 Å². The highest BCUT2D eigenvalue weighted by Gasteiger charge is 2.46. The summed E-state index contributed by atoms with van der Waals surface area (Å²) in [6.07, 6.45) is 2.01. The Morgan fingerprint density at radius 2 is 1.88 bits per heavy atom. The van der Waals surface area contributed by atoms with Gasteiger partial charge < -0.3 is 9.63 Å². The van der Waals surface area contributed by atoms with Crippen LogP contribution in [0.1, 0.15) is 24.3 Å². The van der Waals surface area contributed by atoms with E-state index >= 15 is 0 Å². The Labute approximate surface area is 143 Å². The summed E-state index contributed by atoms with van der Waals surface area (Å²) in [5, 5.41) is 15.0. The Morgan fingerprint density at radius 3 is 2.56 bits per heavy atom. The lowest BCUT2D eigenvalue weighted by Gasteiger charge is -2.27. The molecular formula is C19H16F2N2O2. The molecule has 25 heavy (non-hydrogen) atoms. The number of aromatic nitrogens is 2. The van der Waals surface area contributed by atoms with Gasteiger partial charge in [0.2, 0.25) is 11.7 Å². The van der Waals surface area contributed by atoms with Crippen LogP contribution in [0, 0.1) is 17.6 Å². The van der Waals surface area contributed by atoms with Crippen molar-refractivity contribution in [1.29, 1.82) is 0 Å². The maximum absolute atomic E-state index is 13.9. The number of halogens is 2. The van der Waals surface area contributed by atoms with Crippen molar-refractivity contribution in [3.8, 4) is 11.4 Å². The molecule has 1 N–H and O–H groups in total. The van der Waals surface area contributed by atoms with E-state index in [1.807, 2.05) is 30.3 Å². The van der Waals surface area contributed by atoms with Crippen molar-refractivity contribution in [2.24, 2.45) is 5.92 Å². The Bertz CT molecular complexity index is 893. The average molecular weight is 342 g/mol. The third-order valence-corrected chi connectivity index (χ3v) is 4.59. The lowest BCUT2D eigenvalue weighted by molar-refractivity contribution is 0.00598. The zero-order valence-electron chi connectivity index (χ0n) is 13.3. The van der Waals surface area contributed by atoms with E-state index in [2.05, 4.69) is 10.1 Å². The van der Waals surface area contributed by atoms with Gasteiger partial charge in [-0.05, 0) is 36.5 Å². The van der Waals surface area contributed by atoms with Crippen molar-refractivity contribution in [2.75, 3.05) is 0 Å². The lowest BCUT2D eigenvalue weighted by atomic mass is 9.85. The van der Waals surface area contributed by atoms with Crippen LogP contribution >= 0.6 is 0 Å². The molecule has 1 unspecified atom stereocenters. The molecule has 3 aromatic rings. The summed E-state index contributed by atoms with van der Waals surface area (Å²) < 4.78 is 32.1. The second kappa shape index (κ2) is 6.04. The smallest absolute Gasteiger partial charge is 0.230 e. The Hall–Kier alpha value is -2.60. The molecule has 1 aromatic heterocycles. The first kappa shape index (κ1) is 15.9. The maximum atomic E-state index is 13.9. The zero-order chi connectivity index (χ0) is 17.4. The molecule has 1 aliphatic rings. The van der Waals surface area contributed by atoms with Crippen LogP contribution in [-0.2, 0) is 12.0 Å². The predicted octanol–water partition coefficient (Wildman–Crippen LogP) is 3.86. The number of benzene rings is 2. The summed E-state index contributed by atoms with van der Waals surface area (Å²) in [5.74, 6) is -1.03. The van der Waals surface area contributed by atoms with Crippen LogP contribution < -0.4 is 0 Å². The van der Waals surface area contributed by atoms with Gasteiger partial charge in [-0.25, -0.2) is 8.78 Å². The first-order chi connectivity index (χ1) is 12.1. The van der Waals surface area contributed by atoms with Crippen LogP contribution in [0.5, 0.6) is 0 Å². The van der Waals surface area contributed by atoms with Gasteiger partial charge in [0.25, 0.3) is 0 Å². The molecule has 0 bridgehead atoms. The van der Waals surface area contributed by atoms with E-state index in [1.54, 1.807) is 0 Å². The lowest BCUT2D eigenvalue weighted by Crippen LogP contribution is -2.31. The number of aliphatic hydroxyl groups is 1. The number of hydrogen-bond donors (Lipinski definition) is 1. The molecule has 1 atom stereocenters. The van der Waals surface area contributed by atoms with Crippen LogP contribution in [0.15, 0.2) is 53.1 Å². The van der Waals surface area contributed by atoms with Crippen molar-refractivity contribution < 1.29 is 18.4 Å². The summed E-state index contributed by atoms with van der Waals surface area (Å²) in [7, 11) is 0. The standard InChI is InChI=1S/C19H16F2N2O2/c20-14-8-9-15(16(21)10-14)18-22-17(25-23-18)11-19(24,13-6-7-13)12-4-2-1-3-5-12/h1-5,8-10,13,24H,6-7,11H2. The number of nitrogens with zero attached hydrogens (tertiary/aromatic N) is 2. The van der Waals surface area contributed by atoms with Crippen molar-refractivity contribution in [1.82, 2.24) is 10.1 Å². The van der Waals surface area contributed by atoms with Crippen LogP contribution in [0.3, 0.4) is 0 Å². The molecule has 1 fully saturated rings. The Morgan fingerprint density at radius 1 is 1.12 bits per heavy atom. The molecule has 0 spiro atoms. The first-order valence-corrected chi connectivity index (χ1v) is 8.12. The summed E-state index contributed by atoms with van der Waals surface area (Å²) in [5.41, 5.74) is -0.233. The van der Waals surface area contributed by atoms with E-state index in [4.69, 9.17) is 4.52 Å². The Balaban J connectivity index is 1.63. The van der Waals surface area contributed by atoms with Crippen LogP contribution in [-0.4, -0.2) is 15.2 Å². The first-order valence-electron chi connectivity index (χ1n) is 8.12. The van der Waals surface area contributed by atoms with E-state index in [1.165, 1.54) is 6.07 Å². The molecule has 2 aromatic carbocycles. The second-order valence-corrected chi connectivity index (χ2v) is 6.38. The van der Waals surface area contributed by atoms with E-state index < -0.39 is 17.2 Å². The SMILES string of the molecule is OC(Cc1nc(-c2ccc(F)cc2F)no1)(c1ccccc1)C1CC1. The molecule has 1 saturated carbocycles. The molecule has 4 nitrogen and oxygen atoms in total. The minimum atomic E-state index is -1.09. The molecule has 128 valence electrons. The maximum Gasteiger partial charge on any atom is 0.230 e.